The summed E-state index contributed by atoms with van der Waals surface area (Å²) in [7, 11) is 0. The fraction of sp³-hybridized carbons (Fsp3) is 0.300. The van der Waals surface area contributed by atoms with Gasteiger partial charge >= 0.3 is 11.8 Å². The van der Waals surface area contributed by atoms with Crippen molar-refractivity contribution in [2.75, 3.05) is 11.9 Å². The highest BCUT2D eigenvalue weighted by molar-refractivity contribution is 6.39. The van der Waals surface area contributed by atoms with E-state index in [1.807, 2.05) is 19.1 Å². The lowest BCUT2D eigenvalue weighted by Crippen LogP contribution is -2.46. The third-order valence-electron chi connectivity index (χ3n) is 5.24. The number of primary amides is 1. The molecular formula is C20H21N7O3. The molecule has 0 unspecified atom stereocenters. The Hall–Kier alpha value is -3.82. The molecule has 0 spiro atoms. The lowest BCUT2D eigenvalue weighted by molar-refractivity contribution is -0.146. The average molecular weight is 407 g/mol. The first-order valence-corrected chi connectivity index (χ1v) is 9.61. The fourth-order valence-corrected chi connectivity index (χ4v) is 3.71. The number of anilines is 1. The molecule has 3 aromatic rings. The van der Waals surface area contributed by atoms with Crippen LogP contribution in [0.1, 0.15) is 41.9 Å². The summed E-state index contributed by atoms with van der Waals surface area (Å²) >= 11 is 0. The molecule has 1 aliphatic heterocycles. The normalized spacial score (nSPS) is 18.9. The first-order chi connectivity index (χ1) is 14.4. The molecule has 154 valence electrons. The highest BCUT2D eigenvalue weighted by Gasteiger charge is 2.35. The summed E-state index contributed by atoms with van der Waals surface area (Å²) in [5.41, 5.74) is 7.55. The first kappa shape index (κ1) is 19.5. The van der Waals surface area contributed by atoms with Crippen LogP contribution in [0, 0.1) is 5.92 Å². The number of nitrogens with two attached hydrogens (primary N) is 1. The average Bonchev–Trinajstić information content (AvgIpc) is 3.21. The second-order valence-electron chi connectivity index (χ2n) is 7.41. The van der Waals surface area contributed by atoms with Gasteiger partial charge in [-0.25, -0.2) is 9.97 Å². The zero-order valence-corrected chi connectivity index (χ0v) is 16.3. The van der Waals surface area contributed by atoms with Crippen LogP contribution in [0.3, 0.4) is 0 Å². The van der Waals surface area contributed by atoms with E-state index in [0.717, 1.165) is 11.9 Å². The Kier molecular flexibility index (Phi) is 5.13. The van der Waals surface area contributed by atoms with Crippen LogP contribution in [-0.4, -0.2) is 49.3 Å². The summed E-state index contributed by atoms with van der Waals surface area (Å²) in [6.07, 6.45) is 4.62. The number of hydrogen-bond donors (Lipinski definition) is 3. The molecule has 1 fully saturated rings. The monoisotopic (exact) mass is 407 g/mol. The maximum atomic E-state index is 13.1. The Morgan fingerprint density at radius 2 is 2.07 bits per heavy atom. The Morgan fingerprint density at radius 1 is 1.23 bits per heavy atom. The van der Waals surface area contributed by atoms with E-state index >= 15 is 0 Å². The first-order valence-electron chi connectivity index (χ1n) is 9.61. The van der Waals surface area contributed by atoms with E-state index in [2.05, 4.69) is 25.5 Å². The number of carbonyl (C=O) groups excluding carboxylic acids is 3. The molecule has 30 heavy (non-hydrogen) atoms. The van der Waals surface area contributed by atoms with Crippen molar-refractivity contribution in [3.8, 4) is 0 Å². The number of rotatable bonds is 3. The second kappa shape index (κ2) is 7.90. The van der Waals surface area contributed by atoms with Gasteiger partial charge in [-0.1, -0.05) is 6.92 Å². The van der Waals surface area contributed by atoms with Crippen molar-refractivity contribution in [1.29, 1.82) is 0 Å². The summed E-state index contributed by atoms with van der Waals surface area (Å²) in [4.78, 5) is 47.4. The summed E-state index contributed by atoms with van der Waals surface area (Å²) in [6.45, 7) is 2.46. The van der Waals surface area contributed by atoms with Crippen molar-refractivity contribution >= 4 is 34.6 Å². The van der Waals surface area contributed by atoms with Gasteiger partial charge in [-0.3, -0.25) is 19.5 Å². The number of aromatic nitrogens is 4. The molecule has 2 atom stereocenters. The lowest BCUT2D eigenvalue weighted by Gasteiger charge is -2.37. The lowest BCUT2D eigenvalue weighted by atomic mass is 9.92. The van der Waals surface area contributed by atoms with E-state index in [1.165, 1.54) is 23.2 Å². The molecule has 1 saturated heterocycles. The molecule has 0 bridgehead atoms. The minimum absolute atomic E-state index is 0.0364. The van der Waals surface area contributed by atoms with Gasteiger partial charge in [0.1, 0.15) is 11.3 Å². The highest BCUT2D eigenvalue weighted by Crippen LogP contribution is 2.33. The smallest absolute Gasteiger partial charge is 0.315 e. The van der Waals surface area contributed by atoms with E-state index in [-0.39, 0.29) is 23.3 Å². The third-order valence-corrected chi connectivity index (χ3v) is 5.24. The molecule has 10 nitrogen and oxygen atoms in total. The van der Waals surface area contributed by atoms with Crippen molar-refractivity contribution in [1.82, 2.24) is 25.1 Å². The number of carbonyl (C=O) groups is 3. The van der Waals surface area contributed by atoms with Crippen LogP contribution in [-0.2, 0) is 9.59 Å². The largest absolute Gasteiger partial charge is 0.365 e. The van der Waals surface area contributed by atoms with Gasteiger partial charge in [-0.2, -0.15) is 5.10 Å². The van der Waals surface area contributed by atoms with E-state index < -0.39 is 17.7 Å². The van der Waals surface area contributed by atoms with Gasteiger partial charge in [0.2, 0.25) is 0 Å². The summed E-state index contributed by atoms with van der Waals surface area (Å²) in [6, 6.07) is 6.32. The quantitative estimate of drug-likeness (QED) is 0.559. The van der Waals surface area contributed by atoms with Crippen LogP contribution in [0.15, 0.2) is 36.7 Å². The topological polar surface area (TPSA) is 147 Å². The summed E-state index contributed by atoms with van der Waals surface area (Å²) in [5.74, 6) is -2.12. The van der Waals surface area contributed by atoms with Gasteiger partial charge in [0.25, 0.3) is 5.91 Å². The van der Waals surface area contributed by atoms with Crippen molar-refractivity contribution in [3.63, 3.8) is 0 Å². The van der Waals surface area contributed by atoms with Crippen LogP contribution in [0.4, 0.5) is 5.82 Å². The number of piperidine rings is 1. The van der Waals surface area contributed by atoms with Gasteiger partial charge in [-0.05, 0) is 43.0 Å². The second-order valence-corrected chi connectivity index (χ2v) is 7.41. The molecule has 1 aliphatic rings. The maximum absolute atomic E-state index is 13.1. The van der Waals surface area contributed by atoms with E-state index in [4.69, 9.17) is 5.73 Å². The van der Waals surface area contributed by atoms with Crippen LogP contribution in [0.5, 0.6) is 0 Å². The number of amides is 3. The number of H-pyrrole nitrogens is 1. The molecule has 0 radical (unpaired) electrons. The molecule has 4 rings (SSSR count). The third kappa shape index (κ3) is 3.71. The number of fused-ring (bicyclic) bond motifs is 1. The molecule has 10 heteroatoms. The predicted octanol–water partition coefficient (Wildman–Crippen LogP) is 1.39. The zero-order valence-electron chi connectivity index (χ0n) is 16.3. The number of likely N-dealkylation sites (tertiary alicyclic amines) is 1. The number of aromatic amines is 1. The number of pyridine rings is 2. The minimum Gasteiger partial charge on any atom is -0.365 e. The molecule has 4 N–H and O–H groups in total. The van der Waals surface area contributed by atoms with E-state index in [9.17, 15) is 14.4 Å². The zero-order chi connectivity index (χ0) is 21.3. The van der Waals surface area contributed by atoms with Gasteiger partial charge in [0, 0.05) is 12.7 Å². The summed E-state index contributed by atoms with van der Waals surface area (Å²) < 4.78 is 0. The van der Waals surface area contributed by atoms with Gasteiger partial charge in [0.15, 0.2) is 0 Å². The molecular weight excluding hydrogens is 386 g/mol. The fourth-order valence-electron chi connectivity index (χ4n) is 3.71. The molecule has 0 aliphatic carbocycles. The van der Waals surface area contributed by atoms with Crippen molar-refractivity contribution < 1.29 is 14.4 Å². The SMILES string of the molecule is C[C@@H]1CC[C@@H](c2ccc3[nH]ncc3n2)N(C(=O)C(=O)Nc2ncccc2C(N)=O)C1. The highest BCUT2D eigenvalue weighted by atomic mass is 16.2. The number of nitrogens with one attached hydrogen (secondary N) is 2. The van der Waals surface area contributed by atoms with Crippen molar-refractivity contribution in [2.24, 2.45) is 11.7 Å². The number of nitrogens with zero attached hydrogens (tertiary/aromatic N) is 4. The Morgan fingerprint density at radius 3 is 2.87 bits per heavy atom. The Labute approximate surface area is 171 Å². The Bertz CT molecular complexity index is 1130. The van der Waals surface area contributed by atoms with Crippen LogP contribution in [0.25, 0.3) is 11.0 Å². The van der Waals surface area contributed by atoms with Crippen molar-refractivity contribution in [3.05, 3.63) is 47.9 Å². The summed E-state index contributed by atoms with van der Waals surface area (Å²) in [5, 5.41) is 9.25. The van der Waals surface area contributed by atoms with E-state index in [0.29, 0.717) is 24.2 Å². The molecule has 3 aromatic heterocycles. The van der Waals surface area contributed by atoms with E-state index in [1.54, 1.807) is 6.20 Å². The maximum Gasteiger partial charge on any atom is 0.315 e. The van der Waals surface area contributed by atoms with Crippen LogP contribution < -0.4 is 11.1 Å². The minimum atomic E-state index is -0.875. The van der Waals surface area contributed by atoms with Gasteiger partial charge in [0.05, 0.1) is 29.0 Å². The van der Waals surface area contributed by atoms with Gasteiger partial charge < -0.3 is 16.0 Å². The standard InChI is InChI=1S/C20H21N7O3/c1-11-4-7-16(14-6-5-13-15(24-14)9-23-26-13)27(10-11)20(30)19(29)25-18-12(17(21)28)3-2-8-22-18/h2-3,5-6,8-9,11,16H,4,7,10H2,1H3,(H2,21,28)(H,23,26)(H,22,25,29)/t11-,16+/m1/s1. The van der Waals surface area contributed by atoms with Crippen LogP contribution >= 0.6 is 0 Å². The molecule has 0 saturated carbocycles. The molecule has 4 heterocycles. The molecule has 3 amide bonds. The van der Waals surface area contributed by atoms with Crippen molar-refractivity contribution in [2.45, 2.75) is 25.8 Å². The number of hydrogen-bond acceptors (Lipinski definition) is 6. The predicted molar refractivity (Wildman–Crippen MR) is 108 cm³/mol. The van der Waals surface area contributed by atoms with Gasteiger partial charge in [-0.15, -0.1) is 0 Å². The van der Waals surface area contributed by atoms with Crippen LogP contribution in [0.2, 0.25) is 0 Å². The Balaban J connectivity index is 1.59. The molecule has 0 aromatic carbocycles.